The number of para-hydroxylation sites is 1. The summed E-state index contributed by atoms with van der Waals surface area (Å²) >= 11 is 6.54. The third-order valence-corrected chi connectivity index (χ3v) is 4.20. The molecule has 1 aromatic heterocycles. The van der Waals surface area contributed by atoms with Crippen molar-refractivity contribution in [3.8, 4) is 28.2 Å². The Morgan fingerprint density at radius 2 is 1.12 bits per heavy atom. The third kappa shape index (κ3) is 2.61. The fourth-order valence-electron chi connectivity index (χ4n) is 2.87. The molecule has 116 valence electrons. The zero-order valence-electron chi connectivity index (χ0n) is 12.9. The van der Waals surface area contributed by atoms with Gasteiger partial charge in [0.05, 0.1) is 11.4 Å². The van der Waals surface area contributed by atoms with Crippen molar-refractivity contribution < 1.29 is 0 Å². The van der Waals surface area contributed by atoms with E-state index in [0.29, 0.717) is 5.28 Å². The quantitative estimate of drug-likeness (QED) is 0.460. The number of hydrogen-bond donors (Lipinski definition) is 0. The van der Waals surface area contributed by atoms with E-state index in [9.17, 15) is 0 Å². The lowest BCUT2D eigenvalue weighted by Crippen LogP contribution is -1.97. The highest BCUT2D eigenvalue weighted by molar-refractivity contribution is 6.29. The summed E-state index contributed by atoms with van der Waals surface area (Å²) in [4.78, 5) is 4.66. The van der Waals surface area contributed by atoms with Gasteiger partial charge >= 0.3 is 0 Å². The highest BCUT2D eigenvalue weighted by Crippen LogP contribution is 2.36. The van der Waals surface area contributed by atoms with Crippen LogP contribution in [-0.2, 0) is 0 Å². The molecule has 0 unspecified atom stereocenters. The molecule has 0 bridgehead atoms. The number of hydrogen-bond acceptors (Lipinski definition) is 1. The van der Waals surface area contributed by atoms with Crippen molar-refractivity contribution in [2.45, 2.75) is 0 Å². The molecule has 0 N–H and O–H groups in total. The van der Waals surface area contributed by atoms with E-state index in [2.05, 4.69) is 29.2 Å². The van der Waals surface area contributed by atoms with Gasteiger partial charge < -0.3 is 0 Å². The van der Waals surface area contributed by atoms with E-state index >= 15 is 0 Å². The van der Waals surface area contributed by atoms with Crippen LogP contribution in [0.1, 0.15) is 0 Å². The van der Waals surface area contributed by atoms with Gasteiger partial charge in [0.1, 0.15) is 0 Å². The van der Waals surface area contributed by atoms with Gasteiger partial charge in [-0.3, -0.25) is 4.57 Å². The first kappa shape index (κ1) is 14.7. The second-order valence-electron chi connectivity index (χ2n) is 5.48. The van der Waals surface area contributed by atoms with Crippen LogP contribution in [0.4, 0.5) is 0 Å². The third-order valence-electron chi connectivity index (χ3n) is 3.95. The van der Waals surface area contributed by atoms with Crippen LogP contribution in [0.15, 0.2) is 91.0 Å². The topological polar surface area (TPSA) is 17.8 Å². The Bertz CT molecular complexity index is 945. The SMILES string of the molecule is Clc1nc(-c2ccccc2)c(-c2ccccc2)n1-c1ccccc1. The monoisotopic (exact) mass is 330 g/mol. The van der Waals surface area contributed by atoms with Gasteiger partial charge in [0, 0.05) is 16.8 Å². The first-order valence-corrected chi connectivity index (χ1v) is 8.17. The van der Waals surface area contributed by atoms with Crippen LogP contribution in [0.5, 0.6) is 0 Å². The zero-order valence-corrected chi connectivity index (χ0v) is 13.7. The molecule has 24 heavy (non-hydrogen) atoms. The van der Waals surface area contributed by atoms with E-state index in [1.54, 1.807) is 0 Å². The summed E-state index contributed by atoms with van der Waals surface area (Å²) in [5.74, 6) is 0. The van der Waals surface area contributed by atoms with Gasteiger partial charge in [-0.1, -0.05) is 78.9 Å². The van der Waals surface area contributed by atoms with Crippen LogP contribution in [0, 0.1) is 0 Å². The average Bonchev–Trinajstić information content (AvgIpc) is 3.01. The van der Waals surface area contributed by atoms with Crippen molar-refractivity contribution in [2.75, 3.05) is 0 Å². The van der Waals surface area contributed by atoms with Gasteiger partial charge in [0.2, 0.25) is 5.28 Å². The smallest absolute Gasteiger partial charge is 0.208 e. The fraction of sp³-hybridized carbons (Fsp3) is 0. The molecule has 1 heterocycles. The number of imidazole rings is 1. The van der Waals surface area contributed by atoms with E-state index < -0.39 is 0 Å². The van der Waals surface area contributed by atoms with E-state index in [4.69, 9.17) is 11.6 Å². The van der Waals surface area contributed by atoms with Crippen molar-refractivity contribution in [3.05, 3.63) is 96.3 Å². The summed E-state index contributed by atoms with van der Waals surface area (Å²) in [5, 5.41) is 0.457. The molecule has 2 nitrogen and oxygen atoms in total. The average molecular weight is 331 g/mol. The van der Waals surface area contributed by atoms with E-state index in [-0.39, 0.29) is 0 Å². The summed E-state index contributed by atoms with van der Waals surface area (Å²) in [6.45, 7) is 0. The second kappa shape index (κ2) is 6.34. The molecule has 0 atom stereocenters. The Kier molecular flexibility index (Phi) is 3.89. The van der Waals surface area contributed by atoms with Crippen molar-refractivity contribution >= 4 is 11.6 Å². The highest BCUT2D eigenvalue weighted by atomic mass is 35.5. The molecule has 0 amide bonds. The van der Waals surface area contributed by atoms with Crippen molar-refractivity contribution in [2.24, 2.45) is 0 Å². The first-order valence-electron chi connectivity index (χ1n) is 7.79. The standard InChI is InChI=1S/C21H15ClN2/c22-21-23-19(16-10-4-1-5-11-16)20(17-12-6-2-7-13-17)24(21)18-14-8-3-9-15-18/h1-15H. The molecule has 0 aliphatic rings. The van der Waals surface area contributed by atoms with Crippen LogP contribution < -0.4 is 0 Å². The molecule has 0 spiro atoms. The molecule has 0 fully saturated rings. The minimum atomic E-state index is 0.457. The summed E-state index contributed by atoms with van der Waals surface area (Å²) < 4.78 is 2.00. The molecule has 0 aliphatic heterocycles. The molecule has 3 heteroatoms. The Morgan fingerprint density at radius 1 is 0.625 bits per heavy atom. The molecular formula is C21H15ClN2. The molecular weight excluding hydrogens is 316 g/mol. The Labute approximate surface area is 146 Å². The Balaban J connectivity index is 2.03. The van der Waals surface area contributed by atoms with Gasteiger partial charge in [-0.2, -0.15) is 0 Å². The minimum Gasteiger partial charge on any atom is -0.283 e. The van der Waals surface area contributed by atoms with Gasteiger partial charge in [0.25, 0.3) is 0 Å². The molecule has 0 radical (unpaired) electrons. The van der Waals surface area contributed by atoms with E-state index in [1.165, 1.54) is 0 Å². The summed E-state index contributed by atoms with van der Waals surface area (Å²) in [6, 6.07) is 30.4. The molecule has 0 saturated carbocycles. The van der Waals surface area contributed by atoms with Crippen LogP contribution >= 0.6 is 11.6 Å². The lowest BCUT2D eigenvalue weighted by Gasteiger charge is -2.11. The van der Waals surface area contributed by atoms with Gasteiger partial charge in [0.15, 0.2) is 0 Å². The van der Waals surface area contributed by atoms with E-state index in [0.717, 1.165) is 28.2 Å². The second-order valence-corrected chi connectivity index (χ2v) is 5.82. The van der Waals surface area contributed by atoms with Gasteiger partial charge in [-0.25, -0.2) is 4.98 Å². The number of halogens is 1. The molecule has 3 aromatic carbocycles. The molecule has 4 aromatic rings. The Morgan fingerprint density at radius 3 is 1.71 bits per heavy atom. The maximum Gasteiger partial charge on any atom is 0.208 e. The lowest BCUT2D eigenvalue weighted by molar-refractivity contribution is 1.06. The molecule has 0 saturated heterocycles. The van der Waals surface area contributed by atoms with Crippen LogP contribution in [-0.4, -0.2) is 9.55 Å². The molecule has 4 rings (SSSR count). The fourth-order valence-corrected chi connectivity index (χ4v) is 3.13. The Hall–Kier alpha value is -2.84. The van der Waals surface area contributed by atoms with Gasteiger partial charge in [-0.15, -0.1) is 0 Å². The normalized spacial score (nSPS) is 10.7. The van der Waals surface area contributed by atoms with Crippen molar-refractivity contribution in [1.82, 2.24) is 9.55 Å². The minimum absolute atomic E-state index is 0.457. The largest absolute Gasteiger partial charge is 0.283 e. The highest BCUT2D eigenvalue weighted by Gasteiger charge is 2.19. The summed E-state index contributed by atoms with van der Waals surface area (Å²) in [7, 11) is 0. The lowest BCUT2D eigenvalue weighted by atomic mass is 10.0. The predicted octanol–water partition coefficient (Wildman–Crippen LogP) is 5.86. The summed E-state index contributed by atoms with van der Waals surface area (Å²) in [6.07, 6.45) is 0. The maximum absolute atomic E-state index is 6.54. The summed E-state index contributed by atoms with van der Waals surface area (Å²) in [5.41, 5.74) is 5.01. The van der Waals surface area contributed by atoms with Crippen molar-refractivity contribution in [3.63, 3.8) is 0 Å². The maximum atomic E-state index is 6.54. The zero-order chi connectivity index (χ0) is 16.4. The number of aromatic nitrogens is 2. The van der Waals surface area contributed by atoms with Crippen molar-refractivity contribution in [1.29, 1.82) is 0 Å². The molecule has 0 aliphatic carbocycles. The van der Waals surface area contributed by atoms with Crippen LogP contribution in [0.2, 0.25) is 5.28 Å². The number of nitrogens with zero attached hydrogens (tertiary/aromatic N) is 2. The number of rotatable bonds is 3. The first-order chi connectivity index (χ1) is 11.8. The van der Waals surface area contributed by atoms with Gasteiger partial charge in [-0.05, 0) is 23.7 Å². The predicted molar refractivity (Wildman–Crippen MR) is 99.4 cm³/mol. The number of benzene rings is 3. The van der Waals surface area contributed by atoms with Crippen LogP contribution in [0.3, 0.4) is 0 Å². The van der Waals surface area contributed by atoms with Crippen LogP contribution in [0.25, 0.3) is 28.2 Å². The van der Waals surface area contributed by atoms with E-state index in [1.807, 2.05) is 71.3 Å².